The van der Waals surface area contributed by atoms with Gasteiger partial charge in [-0.1, -0.05) is 59.9 Å². The number of rotatable bonds is 4. The number of fused-ring (bicyclic) bond motifs is 1. The molecule has 3 amide bonds. The molecule has 2 aromatic carbocycles. The highest BCUT2D eigenvalue weighted by Crippen LogP contribution is 2.44. The molecule has 0 unspecified atom stereocenters. The number of anilines is 2. The molecule has 4 rings (SSSR count). The summed E-state index contributed by atoms with van der Waals surface area (Å²) in [6.07, 6.45) is 0. The molecule has 31 heavy (non-hydrogen) atoms. The van der Waals surface area contributed by atoms with Crippen LogP contribution in [0.25, 0.3) is 5.57 Å². The van der Waals surface area contributed by atoms with Gasteiger partial charge in [0.25, 0.3) is 11.8 Å². The zero-order valence-electron chi connectivity index (χ0n) is 17.4. The molecular weight excluding hydrogens is 430 g/mol. The molecule has 1 N–H and O–H groups in total. The molecule has 1 saturated heterocycles. The fourth-order valence-corrected chi connectivity index (χ4v) is 5.22. The van der Waals surface area contributed by atoms with Crippen LogP contribution < -0.4 is 10.2 Å². The van der Waals surface area contributed by atoms with E-state index >= 15 is 0 Å². The number of amides is 3. The third-order valence-corrected chi connectivity index (χ3v) is 6.72. The van der Waals surface area contributed by atoms with E-state index in [9.17, 15) is 14.4 Å². The van der Waals surface area contributed by atoms with Crippen molar-refractivity contribution in [1.29, 1.82) is 0 Å². The largest absolute Gasteiger partial charge is 0.324 e. The van der Waals surface area contributed by atoms with Crippen molar-refractivity contribution >= 4 is 63.0 Å². The average molecular weight is 452 g/mol. The van der Waals surface area contributed by atoms with Gasteiger partial charge in [-0.15, -0.1) is 0 Å². The Morgan fingerprint density at radius 1 is 1.06 bits per heavy atom. The molecule has 158 valence electrons. The van der Waals surface area contributed by atoms with E-state index in [1.54, 1.807) is 18.2 Å². The predicted octanol–water partition coefficient (Wildman–Crippen LogP) is 3.88. The number of carbonyl (C=O) groups is 3. The Morgan fingerprint density at radius 3 is 2.48 bits per heavy atom. The molecule has 8 heteroatoms. The molecule has 0 saturated carbocycles. The molecule has 2 heterocycles. The van der Waals surface area contributed by atoms with Crippen molar-refractivity contribution in [2.75, 3.05) is 23.3 Å². The van der Waals surface area contributed by atoms with Crippen molar-refractivity contribution in [2.24, 2.45) is 0 Å². The summed E-state index contributed by atoms with van der Waals surface area (Å²) in [5.74, 6) is -0.941. The van der Waals surface area contributed by atoms with Gasteiger partial charge in [-0.25, -0.2) is 0 Å². The van der Waals surface area contributed by atoms with E-state index in [-0.39, 0.29) is 24.3 Å². The number of hydrogen-bond acceptors (Lipinski definition) is 5. The maximum Gasteiger partial charge on any atom is 0.266 e. The second-order valence-electron chi connectivity index (χ2n) is 7.40. The number of carbonyl (C=O) groups excluding carboxylic acids is 3. The van der Waals surface area contributed by atoms with Crippen molar-refractivity contribution in [3.8, 4) is 0 Å². The van der Waals surface area contributed by atoms with Gasteiger partial charge in [0, 0.05) is 17.8 Å². The van der Waals surface area contributed by atoms with Crippen LogP contribution in [0.3, 0.4) is 0 Å². The van der Waals surface area contributed by atoms with Gasteiger partial charge in [0.15, 0.2) is 0 Å². The number of hydrogen-bond donors (Lipinski definition) is 1. The number of thiocarbonyl (C=S) groups is 1. The summed E-state index contributed by atoms with van der Waals surface area (Å²) >= 11 is 6.44. The monoisotopic (exact) mass is 451 g/mol. The molecule has 0 radical (unpaired) electrons. The Balaban J connectivity index is 1.65. The topological polar surface area (TPSA) is 69.7 Å². The number of likely N-dealkylation sites (N-methyl/N-ethyl adjacent to an activating group) is 1. The Morgan fingerprint density at radius 2 is 1.81 bits per heavy atom. The van der Waals surface area contributed by atoms with Gasteiger partial charge in [-0.05, 0) is 38.5 Å². The molecule has 2 aromatic rings. The lowest BCUT2D eigenvalue weighted by molar-refractivity contribution is -0.122. The van der Waals surface area contributed by atoms with Gasteiger partial charge in [0.1, 0.15) is 10.9 Å². The molecule has 2 aliphatic rings. The number of nitrogens with zero attached hydrogens (tertiary/aromatic N) is 2. The normalized spacial score (nSPS) is 18.1. The second kappa shape index (κ2) is 8.28. The molecule has 0 atom stereocenters. The van der Waals surface area contributed by atoms with Gasteiger partial charge in [0.05, 0.1) is 16.2 Å². The van der Waals surface area contributed by atoms with Crippen LogP contribution in [0.5, 0.6) is 0 Å². The summed E-state index contributed by atoms with van der Waals surface area (Å²) < 4.78 is 0.436. The average Bonchev–Trinajstić information content (AvgIpc) is 3.16. The van der Waals surface area contributed by atoms with Crippen LogP contribution in [0.4, 0.5) is 11.4 Å². The van der Waals surface area contributed by atoms with Gasteiger partial charge in [0.2, 0.25) is 5.91 Å². The number of nitrogens with one attached hydrogen (secondary N) is 1. The van der Waals surface area contributed by atoms with E-state index in [1.165, 1.54) is 9.80 Å². The van der Waals surface area contributed by atoms with E-state index in [1.807, 2.05) is 45.0 Å². The first-order valence-corrected chi connectivity index (χ1v) is 11.1. The maximum absolute atomic E-state index is 13.4. The van der Waals surface area contributed by atoms with E-state index in [0.717, 1.165) is 22.9 Å². The van der Waals surface area contributed by atoms with Crippen molar-refractivity contribution in [3.63, 3.8) is 0 Å². The Kier molecular flexibility index (Phi) is 5.68. The molecule has 1 fully saturated rings. The van der Waals surface area contributed by atoms with E-state index in [0.29, 0.717) is 38.3 Å². The predicted molar refractivity (Wildman–Crippen MR) is 128 cm³/mol. The van der Waals surface area contributed by atoms with E-state index in [4.69, 9.17) is 12.2 Å². The van der Waals surface area contributed by atoms with E-state index in [2.05, 4.69) is 5.32 Å². The first-order chi connectivity index (χ1) is 14.8. The Labute approximate surface area is 190 Å². The van der Waals surface area contributed by atoms with Crippen molar-refractivity contribution in [1.82, 2.24) is 4.90 Å². The van der Waals surface area contributed by atoms with Crippen LogP contribution in [-0.4, -0.2) is 40.0 Å². The highest BCUT2D eigenvalue weighted by Gasteiger charge is 2.41. The molecule has 6 nitrogen and oxygen atoms in total. The zero-order valence-corrected chi connectivity index (χ0v) is 19.0. The lowest BCUT2D eigenvalue weighted by Crippen LogP contribution is -2.35. The van der Waals surface area contributed by atoms with Crippen LogP contribution in [0.15, 0.2) is 47.4 Å². The standard InChI is InChI=1S/C23H21N3O3S2/c1-4-25-22(29)20(31-23(25)30)19-15-7-5-6-8-17(15)26(21(19)28)12-18(27)24-16-10-9-13(2)11-14(16)3/h5-11H,4,12H2,1-3H3,(H,24,27)/b20-19-. The van der Waals surface area contributed by atoms with Crippen molar-refractivity contribution in [2.45, 2.75) is 20.8 Å². The summed E-state index contributed by atoms with van der Waals surface area (Å²) in [7, 11) is 0. The van der Waals surface area contributed by atoms with Gasteiger partial charge in [-0.2, -0.15) is 0 Å². The van der Waals surface area contributed by atoms with Crippen LogP contribution in [0, 0.1) is 13.8 Å². The lowest BCUT2D eigenvalue weighted by Gasteiger charge is -2.17. The molecule has 2 aliphatic heterocycles. The first kappa shape index (κ1) is 21.3. The fourth-order valence-electron chi connectivity index (χ4n) is 3.77. The minimum Gasteiger partial charge on any atom is -0.324 e. The third kappa shape index (κ3) is 3.77. The lowest BCUT2D eigenvalue weighted by atomic mass is 10.1. The first-order valence-electron chi connectivity index (χ1n) is 9.88. The summed E-state index contributed by atoms with van der Waals surface area (Å²) in [4.78, 5) is 42.2. The highest BCUT2D eigenvalue weighted by molar-refractivity contribution is 8.26. The molecular formula is C23H21N3O3S2. The van der Waals surface area contributed by atoms with Crippen LogP contribution in [-0.2, 0) is 14.4 Å². The van der Waals surface area contributed by atoms with Crippen molar-refractivity contribution < 1.29 is 14.4 Å². The third-order valence-electron chi connectivity index (χ3n) is 5.27. The van der Waals surface area contributed by atoms with E-state index < -0.39 is 0 Å². The summed E-state index contributed by atoms with van der Waals surface area (Å²) in [5.41, 5.74) is 4.32. The van der Waals surface area contributed by atoms with Crippen LogP contribution in [0.1, 0.15) is 23.6 Å². The van der Waals surface area contributed by atoms with Crippen LogP contribution >= 0.6 is 24.0 Å². The quantitative estimate of drug-likeness (QED) is 0.564. The molecule has 0 spiro atoms. The zero-order chi connectivity index (χ0) is 22.3. The van der Waals surface area contributed by atoms with Gasteiger partial charge < -0.3 is 5.32 Å². The summed E-state index contributed by atoms with van der Waals surface area (Å²) in [5, 5.41) is 2.88. The number of benzene rings is 2. The molecule has 0 aromatic heterocycles. The van der Waals surface area contributed by atoms with Gasteiger partial charge in [-0.3, -0.25) is 24.2 Å². The van der Waals surface area contributed by atoms with Crippen LogP contribution in [0.2, 0.25) is 0 Å². The Hall–Kier alpha value is -2.97. The van der Waals surface area contributed by atoms with Gasteiger partial charge >= 0.3 is 0 Å². The molecule has 0 aliphatic carbocycles. The fraction of sp³-hybridized carbons (Fsp3) is 0.217. The minimum absolute atomic E-state index is 0.152. The number of para-hydroxylation sites is 1. The maximum atomic E-state index is 13.4. The highest BCUT2D eigenvalue weighted by atomic mass is 32.2. The SMILES string of the molecule is CCN1C(=O)/C(=C2/C(=O)N(CC(=O)Nc3ccc(C)cc3C)c3ccccc32)SC1=S. The second-order valence-corrected chi connectivity index (χ2v) is 9.04. The summed E-state index contributed by atoms with van der Waals surface area (Å²) in [6, 6.07) is 13.0. The number of aryl methyl sites for hydroxylation is 2. The summed E-state index contributed by atoms with van der Waals surface area (Å²) in [6.45, 7) is 6.04. The number of thioether (sulfide) groups is 1. The Bertz CT molecular complexity index is 1170. The smallest absolute Gasteiger partial charge is 0.266 e. The molecule has 0 bridgehead atoms. The minimum atomic E-state index is -0.367. The van der Waals surface area contributed by atoms with Crippen molar-refractivity contribution in [3.05, 3.63) is 64.1 Å².